The second-order valence-electron chi connectivity index (χ2n) is 3.96. The molecule has 0 aliphatic carbocycles. The summed E-state index contributed by atoms with van der Waals surface area (Å²) in [5.74, 6) is 5.75. The van der Waals surface area contributed by atoms with Crippen LogP contribution in [0.1, 0.15) is 26.5 Å². The van der Waals surface area contributed by atoms with E-state index >= 15 is 0 Å². The molecule has 2 N–H and O–H groups in total. The minimum Gasteiger partial charge on any atom is -0.395 e. The lowest BCUT2D eigenvalue weighted by Crippen LogP contribution is -2.22. The van der Waals surface area contributed by atoms with Crippen LogP contribution in [0.3, 0.4) is 0 Å². The van der Waals surface area contributed by atoms with E-state index in [-0.39, 0.29) is 12.5 Å². The molecule has 0 aromatic carbocycles. The van der Waals surface area contributed by atoms with Crippen molar-refractivity contribution < 1.29 is 9.90 Å². The predicted octanol–water partition coefficient (Wildman–Crippen LogP) is 4.00. The van der Waals surface area contributed by atoms with E-state index in [1.54, 1.807) is 17.4 Å². The van der Waals surface area contributed by atoms with Crippen molar-refractivity contribution in [1.82, 2.24) is 5.32 Å². The van der Waals surface area contributed by atoms with E-state index in [0.29, 0.717) is 18.5 Å². The monoisotopic (exact) mass is 447 g/mol. The molecule has 0 aliphatic rings. The van der Waals surface area contributed by atoms with Crippen LogP contribution >= 0.6 is 54.5 Å². The molecule has 7 heteroatoms. The van der Waals surface area contributed by atoms with Gasteiger partial charge in [0.05, 0.1) is 31.2 Å². The number of halogens is 2. The summed E-state index contributed by atoms with van der Waals surface area (Å²) in [7, 11) is 0. The zero-order valence-electron chi connectivity index (χ0n) is 10.8. The summed E-state index contributed by atoms with van der Waals surface area (Å²) in [4.78, 5) is 14.0. The van der Waals surface area contributed by atoms with Crippen molar-refractivity contribution in [1.29, 1.82) is 0 Å². The van der Waals surface area contributed by atoms with E-state index in [9.17, 15) is 4.79 Å². The molecule has 0 unspecified atom stereocenters. The Morgan fingerprint density at radius 3 is 2.81 bits per heavy atom. The highest BCUT2D eigenvalue weighted by atomic mass is 79.9. The van der Waals surface area contributed by atoms with Gasteiger partial charge in [-0.25, -0.2) is 0 Å². The second-order valence-corrected chi connectivity index (χ2v) is 8.88. The molecule has 0 spiro atoms. The van der Waals surface area contributed by atoms with Gasteiger partial charge in [-0.15, -0.1) is 22.7 Å². The molecule has 2 aromatic rings. The van der Waals surface area contributed by atoms with Crippen molar-refractivity contribution in [2.24, 2.45) is 0 Å². The van der Waals surface area contributed by atoms with Crippen molar-refractivity contribution in [3.8, 4) is 11.8 Å². The topological polar surface area (TPSA) is 49.3 Å². The van der Waals surface area contributed by atoms with Crippen LogP contribution in [-0.2, 0) is 6.54 Å². The molecule has 0 saturated heterocycles. The first-order valence-electron chi connectivity index (χ1n) is 6.01. The second kappa shape index (κ2) is 8.11. The third-order valence-electron chi connectivity index (χ3n) is 2.43. The first kappa shape index (κ1) is 16.7. The van der Waals surface area contributed by atoms with Crippen LogP contribution in [0, 0.1) is 11.8 Å². The van der Waals surface area contributed by atoms with Gasteiger partial charge in [-0.2, -0.15) is 0 Å². The van der Waals surface area contributed by atoms with Gasteiger partial charge < -0.3 is 10.4 Å². The fourth-order valence-electron chi connectivity index (χ4n) is 1.50. The number of hydrogen-bond acceptors (Lipinski definition) is 4. The van der Waals surface area contributed by atoms with E-state index in [1.165, 1.54) is 11.3 Å². The van der Waals surface area contributed by atoms with Crippen LogP contribution in [0.2, 0.25) is 0 Å². The van der Waals surface area contributed by atoms with Gasteiger partial charge in [-0.3, -0.25) is 4.79 Å². The lowest BCUT2D eigenvalue weighted by molar-refractivity contribution is 0.0951. The number of aliphatic hydroxyl groups is 1. The molecule has 0 fully saturated rings. The number of amides is 1. The van der Waals surface area contributed by atoms with Gasteiger partial charge in [0.2, 0.25) is 0 Å². The molecule has 0 atom stereocenters. The Labute approximate surface area is 147 Å². The number of hydrogen-bond donors (Lipinski definition) is 2. The molecular formula is C14H11Br2NO2S2. The van der Waals surface area contributed by atoms with Crippen molar-refractivity contribution in [3.63, 3.8) is 0 Å². The van der Waals surface area contributed by atoms with Crippen LogP contribution < -0.4 is 5.32 Å². The maximum absolute atomic E-state index is 12.1. The summed E-state index contributed by atoms with van der Waals surface area (Å²) >= 11 is 9.75. The zero-order valence-corrected chi connectivity index (χ0v) is 15.6. The molecule has 0 radical (unpaired) electrons. The van der Waals surface area contributed by atoms with Gasteiger partial charge in [-0.1, -0.05) is 11.8 Å². The van der Waals surface area contributed by atoms with Crippen molar-refractivity contribution in [3.05, 3.63) is 41.1 Å². The van der Waals surface area contributed by atoms with Crippen molar-refractivity contribution in [2.45, 2.75) is 13.0 Å². The number of rotatable bonds is 4. The highest BCUT2D eigenvalue weighted by molar-refractivity contribution is 9.12. The Bertz CT molecular complexity index is 697. The van der Waals surface area contributed by atoms with Gasteiger partial charge in [0.1, 0.15) is 0 Å². The van der Waals surface area contributed by atoms with Gasteiger partial charge in [0, 0.05) is 11.3 Å². The quantitative estimate of drug-likeness (QED) is 0.694. The number of nitrogens with one attached hydrogen (secondary N) is 1. The minimum atomic E-state index is -0.106. The molecule has 2 heterocycles. The summed E-state index contributed by atoms with van der Waals surface area (Å²) in [5, 5.41) is 11.6. The van der Waals surface area contributed by atoms with Crippen LogP contribution in [0.4, 0.5) is 0 Å². The average molecular weight is 449 g/mol. The molecule has 2 aromatic heterocycles. The molecule has 0 bridgehead atoms. The van der Waals surface area contributed by atoms with Gasteiger partial charge in [0.25, 0.3) is 5.91 Å². The Kier molecular flexibility index (Phi) is 6.45. The summed E-state index contributed by atoms with van der Waals surface area (Å²) in [5.41, 5.74) is 0.631. The largest absolute Gasteiger partial charge is 0.395 e. The molecule has 0 aliphatic heterocycles. The summed E-state index contributed by atoms with van der Waals surface area (Å²) in [6.07, 6.45) is 0.477. The molecule has 110 valence electrons. The lowest BCUT2D eigenvalue weighted by Gasteiger charge is -2.01. The number of thiophene rings is 2. The summed E-state index contributed by atoms with van der Waals surface area (Å²) in [6, 6.07) is 5.67. The van der Waals surface area contributed by atoms with Crippen LogP contribution in [0.15, 0.2) is 25.8 Å². The summed E-state index contributed by atoms with van der Waals surface area (Å²) in [6.45, 7) is 0.553. The van der Waals surface area contributed by atoms with Gasteiger partial charge >= 0.3 is 0 Å². The minimum absolute atomic E-state index is 0.0758. The van der Waals surface area contributed by atoms with Crippen molar-refractivity contribution in [2.75, 3.05) is 6.61 Å². The fraction of sp³-hybridized carbons (Fsp3) is 0.214. The maximum atomic E-state index is 12.1. The first-order chi connectivity index (χ1) is 10.1. The molecule has 0 saturated carbocycles. The standard InChI is InChI=1S/C14H11Br2NO2S2/c15-12-7-11(13(16)21-12)14(19)17-8-10-5-4-9(20-10)3-1-2-6-18/h4-5,7,18H,2,6,8H2,(H,17,19). The molecule has 3 nitrogen and oxygen atoms in total. The third-order valence-corrected chi connectivity index (χ3v) is 5.77. The van der Waals surface area contributed by atoms with Gasteiger partial charge in [0.15, 0.2) is 0 Å². The lowest BCUT2D eigenvalue weighted by atomic mass is 10.3. The van der Waals surface area contributed by atoms with E-state index in [0.717, 1.165) is 17.3 Å². The van der Waals surface area contributed by atoms with Gasteiger partial charge in [-0.05, 0) is 50.1 Å². The number of aliphatic hydroxyl groups excluding tert-OH is 1. The third kappa shape index (κ3) is 4.94. The van der Waals surface area contributed by atoms with Crippen molar-refractivity contribution >= 4 is 60.4 Å². The Morgan fingerprint density at radius 1 is 1.33 bits per heavy atom. The van der Waals surface area contributed by atoms with Crippen LogP contribution in [0.5, 0.6) is 0 Å². The van der Waals surface area contributed by atoms with Crippen LogP contribution in [0.25, 0.3) is 0 Å². The predicted molar refractivity (Wildman–Crippen MR) is 93.8 cm³/mol. The summed E-state index contributed by atoms with van der Waals surface area (Å²) < 4.78 is 1.73. The zero-order chi connectivity index (χ0) is 15.2. The van der Waals surface area contributed by atoms with E-state index < -0.39 is 0 Å². The first-order valence-corrected chi connectivity index (χ1v) is 9.23. The fourth-order valence-corrected chi connectivity index (χ4v) is 5.12. The highest BCUT2D eigenvalue weighted by Gasteiger charge is 2.13. The molecular weight excluding hydrogens is 438 g/mol. The highest BCUT2D eigenvalue weighted by Crippen LogP contribution is 2.31. The Balaban J connectivity index is 1.93. The SMILES string of the molecule is O=C(NCc1ccc(C#CCCO)s1)c1cc(Br)sc1Br. The molecule has 2 rings (SSSR count). The maximum Gasteiger partial charge on any atom is 0.253 e. The smallest absolute Gasteiger partial charge is 0.253 e. The van der Waals surface area contributed by atoms with Crippen LogP contribution in [-0.4, -0.2) is 17.6 Å². The van der Waals surface area contributed by atoms with E-state index in [4.69, 9.17) is 5.11 Å². The average Bonchev–Trinajstić information content (AvgIpc) is 3.03. The molecule has 21 heavy (non-hydrogen) atoms. The van der Waals surface area contributed by atoms with E-state index in [1.807, 2.05) is 12.1 Å². The molecule has 1 amide bonds. The number of carbonyl (C=O) groups is 1. The Morgan fingerprint density at radius 2 is 2.14 bits per heavy atom. The normalized spacial score (nSPS) is 10.0. The van der Waals surface area contributed by atoms with E-state index in [2.05, 4.69) is 49.0 Å². The number of carbonyl (C=O) groups excluding carboxylic acids is 1. The Hall–Kier alpha value is -0.650.